The summed E-state index contributed by atoms with van der Waals surface area (Å²) in [5, 5.41) is 6.91. The number of urea groups is 1. The first-order valence-corrected chi connectivity index (χ1v) is 7.43. The van der Waals surface area contributed by atoms with Crippen molar-refractivity contribution in [3.8, 4) is 0 Å². The van der Waals surface area contributed by atoms with E-state index in [4.69, 9.17) is 0 Å². The number of halogens is 1. The number of hydrogen-bond donors (Lipinski definition) is 1. The number of carbonyl (C=O) groups is 2. The summed E-state index contributed by atoms with van der Waals surface area (Å²) in [7, 11) is 0. The summed E-state index contributed by atoms with van der Waals surface area (Å²) in [6.45, 7) is 6.68. The summed E-state index contributed by atoms with van der Waals surface area (Å²) < 4.78 is 2.57. The molecular formula is C13H19BrN4O2. The van der Waals surface area contributed by atoms with Gasteiger partial charge in [-0.05, 0) is 35.2 Å². The highest BCUT2D eigenvalue weighted by molar-refractivity contribution is 9.10. The Kier molecular flexibility index (Phi) is 4.17. The fourth-order valence-electron chi connectivity index (χ4n) is 2.57. The summed E-state index contributed by atoms with van der Waals surface area (Å²) in [4.78, 5) is 25.6. The smallest absolute Gasteiger partial charge is 0.323 e. The predicted octanol–water partition coefficient (Wildman–Crippen LogP) is 2.00. The van der Waals surface area contributed by atoms with E-state index in [2.05, 4.69) is 26.3 Å². The third kappa shape index (κ3) is 3.03. The van der Waals surface area contributed by atoms with Crippen LogP contribution in [0.15, 0.2) is 16.9 Å². The molecule has 2 rings (SSSR count). The minimum absolute atomic E-state index is 0.151. The maximum absolute atomic E-state index is 12.4. The van der Waals surface area contributed by atoms with E-state index in [0.717, 1.165) is 4.47 Å². The van der Waals surface area contributed by atoms with Crippen LogP contribution in [0.25, 0.3) is 0 Å². The molecular weight excluding hydrogens is 324 g/mol. The van der Waals surface area contributed by atoms with Gasteiger partial charge in [0.25, 0.3) is 5.91 Å². The minimum Gasteiger partial charge on any atom is -0.323 e. The molecule has 0 spiro atoms. The molecule has 0 aromatic carbocycles. The molecule has 1 saturated heterocycles. The number of hydrogen-bond acceptors (Lipinski definition) is 3. The molecule has 0 radical (unpaired) electrons. The predicted molar refractivity (Wildman–Crippen MR) is 78.0 cm³/mol. The average molecular weight is 343 g/mol. The lowest BCUT2D eigenvalue weighted by atomic mass is 9.91. The number of nitrogens with zero attached hydrogens (tertiary/aromatic N) is 3. The Morgan fingerprint density at radius 2 is 2.10 bits per heavy atom. The number of carbonyl (C=O) groups excluding carboxylic acids is 2. The zero-order valence-corrected chi connectivity index (χ0v) is 13.5. The SMILES string of the molecule is CC(C)CC1(C)NC(=O)N(CCn2cc(Br)cn2)C1=O. The molecule has 1 aliphatic heterocycles. The third-order valence-electron chi connectivity index (χ3n) is 3.32. The van der Waals surface area contributed by atoms with Gasteiger partial charge < -0.3 is 5.32 Å². The topological polar surface area (TPSA) is 67.2 Å². The van der Waals surface area contributed by atoms with Gasteiger partial charge >= 0.3 is 6.03 Å². The van der Waals surface area contributed by atoms with Crippen LogP contribution < -0.4 is 5.32 Å². The van der Waals surface area contributed by atoms with E-state index < -0.39 is 5.54 Å². The van der Waals surface area contributed by atoms with Gasteiger partial charge in [0.2, 0.25) is 0 Å². The summed E-state index contributed by atoms with van der Waals surface area (Å²) in [5.74, 6) is 0.189. The second-order valence-electron chi connectivity index (χ2n) is 5.74. The van der Waals surface area contributed by atoms with Crippen LogP contribution >= 0.6 is 15.9 Å². The lowest BCUT2D eigenvalue weighted by Crippen LogP contribution is -2.45. The maximum atomic E-state index is 12.4. The maximum Gasteiger partial charge on any atom is 0.325 e. The monoisotopic (exact) mass is 342 g/mol. The molecule has 0 aliphatic carbocycles. The van der Waals surface area contributed by atoms with Gasteiger partial charge in [0.15, 0.2) is 0 Å². The Morgan fingerprint density at radius 3 is 2.65 bits per heavy atom. The van der Waals surface area contributed by atoms with Crippen LogP contribution in [-0.4, -0.2) is 38.7 Å². The first-order valence-electron chi connectivity index (χ1n) is 6.64. The van der Waals surface area contributed by atoms with Crippen molar-refractivity contribution in [2.24, 2.45) is 5.92 Å². The molecule has 1 unspecified atom stereocenters. The van der Waals surface area contributed by atoms with Crippen LogP contribution in [0.5, 0.6) is 0 Å². The first kappa shape index (κ1) is 15.0. The normalized spacial score (nSPS) is 22.8. The van der Waals surface area contributed by atoms with Crippen LogP contribution in [0.4, 0.5) is 4.79 Å². The van der Waals surface area contributed by atoms with Crippen LogP contribution in [0.2, 0.25) is 0 Å². The van der Waals surface area contributed by atoms with Crippen molar-refractivity contribution in [1.29, 1.82) is 0 Å². The largest absolute Gasteiger partial charge is 0.325 e. The van der Waals surface area contributed by atoms with Gasteiger partial charge in [-0.25, -0.2) is 4.79 Å². The van der Waals surface area contributed by atoms with Gasteiger partial charge in [0.05, 0.1) is 23.8 Å². The van der Waals surface area contributed by atoms with E-state index in [-0.39, 0.29) is 11.9 Å². The minimum atomic E-state index is -0.782. The second-order valence-corrected chi connectivity index (χ2v) is 6.65. The molecule has 20 heavy (non-hydrogen) atoms. The lowest BCUT2D eigenvalue weighted by Gasteiger charge is -2.23. The Morgan fingerprint density at radius 1 is 1.40 bits per heavy atom. The summed E-state index contributed by atoms with van der Waals surface area (Å²) in [6, 6.07) is -0.315. The molecule has 1 fully saturated rings. The van der Waals surface area contributed by atoms with Crippen molar-refractivity contribution in [3.63, 3.8) is 0 Å². The standard InChI is InChI=1S/C13H19BrN4O2/c1-9(2)6-13(3)11(19)18(12(20)16-13)5-4-17-8-10(14)7-15-17/h7-9H,4-6H2,1-3H3,(H,16,20). The Labute approximate surface area is 126 Å². The van der Waals surface area contributed by atoms with Gasteiger partial charge in [-0.1, -0.05) is 13.8 Å². The molecule has 1 aliphatic rings. The van der Waals surface area contributed by atoms with E-state index in [1.54, 1.807) is 17.8 Å². The molecule has 0 saturated carbocycles. The van der Waals surface area contributed by atoms with Crippen molar-refractivity contribution in [3.05, 3.63) is 16.9 Å². The van der Waals surface area contributed by atoms with Crippen LogP contribution in [0.1, 0.15) is 27.2 Å². The molecule has 1 atom stereocenters. The molecule has 6 nitrogen and oxygen atoms in total. The van der Waals surface area contributed by atoms with E-state index in [1.807, 2.05) is 20.0 Å². The molecule has 1 N–H and O–H groups in total. The molecule has 2 heterocycles. The summed E-state index contributed by atoms with van der Waals surface area (Å²) in [6.07, 6.45) is 4.13. The fourth-order valence-corrected chi connectivity index (χ4v) is 2.90. The summed E-state index contributed by atoms with van der Waals surface area (Å²) in [5.41, 5.74) is -0.782. The zero-order valence-electron chi connectivity index (χ0n) is 11.9. The fraction of sp³-hybridized carbons (Fsp3) is 0.615. The van der Waals surface area contributed by atoms with Crippen LogP contribution in [-0.2, 0) is 11.3 Å². The van der Waals surface area contributed by atoms with Crippen molar-refractivity contribution >= 4 is 27.9 Å². The van der Waals surface area contributed by atoms with Gasteiger partial charge in [0.1, 0.15) is 5.54 Å². The number of amides is 3. The number of nitrogens with one attached hydrogen (secondary N) is 1. The molecule has 0 bridgehead atoms. The van der Waals surface area contributed by atoms with Crippen molar-refractivity contribution < 1.29 is 9.59 Å². The van der Waals surface area contributed by atoms with Crippen molar-refractivity contribution in [1.82, 2.24) is 20.0 Å². The zero-order chi connectivity index (χ0) is 14.9. The van der Waals surface area contributed by atoms with E-state index in [0.29, 0.717) is 25.4 Å². The Bertz CT molecular complexity index is 528. The number of rotatable bonds is 5. The van der Waals surface area contributed by atoms with Gasteiger partial charge in [-0.15, -0.1) is 0 Å². The van der Waals surface area contributed by atoms with Crippen molar-refractivity contribution in [2.45, 2.75) is 39.3 Å². The molecule has 1 aromatic rings. The van der Waals surface area contributed by atoms with E-state index in [9.17, 15) is 9.59 Å². The van der Waals surface area contributed by atoms with Gasteiger partial charge in [0, 0.05) is 6.20 Å². The molecule has 3 amide bonds. The highest BCUT2D eigenvalue weighted by Gasteiger charge is 2.47. The van der Waals surface area contributed by atoms with E-state index in [1.165, 1.54) is 4.90 Å². The molecule has 110 valence electrons. The molecule has 7 heteroatoms. The average Bonchev–Trinajstić information content (AvgIpc) is 2.81. The van der Waals surface area contributed by atoms with E-state index >= 15 is 0 Å². The number of imide groups is 1. The first-order chi connectivity index (χ1) is 9.32. The second kappa shape index (κ2) is 5.55. The van der Waals surface area contributed by atoms with Crippen LogP contribution in [0.3, 0.4) is 0 Å². The van der Waals surface area contributed by atoms with Crippen molar-refractivity contribution in [2.75, 3.05) is 6.54 Å². The highest BCUT2D eigenvalue weighted by atomic mass is 79.9. The lowest BCUT2D eigenvalue weighted by molar-refractivity contribution is -0.131. The van der Waals surface area contributed by atoms with Gasteiger partial charge in [-0.3, -0.25) is 14.4 Å². The molecule has 1 aromatic heterocycles. The Balaban J connectivity index is 2.02. The van der Waals surface area contributed by atoms with Crippen LogP contribution in [0, 0.1) is 5.92 Å². The quantitative estimate of drug-likeness (QED) is 0.832. The summed E-state index contributed by atoms with van der Waals surface area (Å²) >= 11 is 3.31. The number of aromatic nitrogens is 2. The highest BCUT2D eigenvalue weighted by Crippen LogP contribution is 2.24. The third-order valence-corrected chi connectivity index (χ3v) is 3.73. The van der Waals surface area contributed by atoms with Gasteiger partial charge in [-0.2, -0.15) is 5.10 Å². The Hall–Kier alpha value is -1.37.